The Morgan fingerprint density at radius 2 is 1.73 bits per heavy atom. The molecular formula is C19H30Cl2N4O. The number of pyridine rings is 1. The first-order chi connectivity index (χ1) is 11.8. The molecule has 1 aromatic rings. The van der Waals surface area contributed by atoms with E-state index in [2.05, 4.69) is 20.1 Å². The summed E-state index contributed by atoms with van der Waals surface area (Å²) in [6.45, 7) is 4.13. The molecule has 3 fully saturated rings. The number of nitrogens with one attached hydrogen (secondary N) is 1. The molecule has 0 aliphatic carbocycles. The van der Waals surface area contributed by atoms with E-state index in [0.29, 0.717) is 12.1 Å². The maximum atomic E-state index is 13.0. The molecule has 0 aromatic carbocycles. The summed E-state index contributed by atoms with van der Waals surface area (Å²) in [4.78, 5) is 22.1. The largest absolute Gasteiger partial charge is 0.357 e. The molecule has 0 spiro atoms. The Bertz CT molecular complexity index is 561. The van der Waals surface area contributed by atoms with Crippen LogP contribution in [-0.4, -0.2) is 54.1 Å². The highest BCUT2D eigenvalue weighted by Gasteiger charge is 2.38. The van der Waals surface area contributed by atoms with E-state index in [4.69, 9.17) is 0 Å². The molecule has 1 aromatic heterocycles. The third-order valence-electron chi connectivity index (χ3n) is 5.81. The molecule has 3 aliphatic heterocycles. The Hall–Kier alpha value is -1.04. The first-order valence-corrected chi connectivity index (χ1v) is 9.57. The van der Waals surface area contributed by atoms with Gasteiger partial charge in [-0.15, -0.1) is 24.8 Å². The molecular weight excluding hydrogens is 371 g/mol. The van der Waals surface area contributed by atoms with Crippen LogP contribution in [0.5, 0.6) is 0 Å². The van der Waals surface area contributed by atoms with Crippen molar-refractivity contribution in [1.82, 2.24) is 15.2 Å². The predicted octanol–water partition coefficient (Wildman–Crippen LogP) is 3.27. The maximum Gasteiger partial charge on any atom is 0.255 e. The van der Waals surface area contributed by atoms with Gasteiger partial charge in [0, 0.05) is 37.9 Å². The number of rotatable bonds is 2. The second-order valence-electron chi connectivity index (χ2n) is 7.40. The number of anilines is 1. The summed E-state index contributed by atoms with van der Waals surface area (Å²) >= 11 is 0. The third kappa shape index (κ3) is 4.44. The summed E-state index contributed by atoms with van der Waals surface area (Å²) in [5.74, 6) is 1.19. The predicted molar refractivity (Wildman–Crippen MR) is 110 cm³/mol. The van der Waals surface area contributed by atoms with Gasteiger partial charge in [-0.25, -0.2) is 4.98 Å². The van der Waals surface area contributed by atoms with Crippen molar-refractivity contribution in [3.8, 4) is 0 Å². The van der Waals surface area contributed by atoms with Crippen LogP contribution in [0.4, 0.5) is 5.82 Å². The van der Waals surface area contributed by atoms with E-state index in [1.165, 1.54) is 25.7 Å². The fraction of sp³-hybridized carbons (Fsp3) is 0.684. The van der Waals surface area contributed by atoms with Crippen molar-refractivity contribution >= 4 is 36.5 Å². The van der Waals surface area contributed by atoms with Gasteiger partial charge in [-0.3, -0.25) is 4.79 Å². The zero-order valence-electron chi connectivity index (χ0n) is 15.2. The van der Waals surface area contributed by atoms with Gasteiger partial charge < -0.3 is 15.1 Å². The number of nitrogens with zero attached hydrogens (tertiary/aromatic N) is 3. The highest BCUT2D eigenvalue weighted by molar-refractivity contribution is 5.94. The summed E-state index contributed by atoms with van der Waals surface area (Å²) in [5, 5.41) is 3.46. The Kier molecular flexibility index (Phi) is 7.99. The molecule has 26 heavy (non-hydrogen) atoms. The number of hydrogen-bond donors (Lipinski definition) is 1. The second kappa shape index (κ2) is 9.77. The summed E-state index contributed by atoms with van der Waals surface area (Å²) in [5.41, 5.74) is 0.743. The van der Waals surface area contributed by atoms with E-state index >= 15 is 0 Å². The van der Waals surface area contributed by atoms with Gasteiger partial charge >= 0.3 is 0 Å². The Morgan fingerprint density at radius 1 is 1.00 bits per heavy atom. The molecule has 1 N–H and O–H groups in total. The minimum atomic E-state index is 0. The average Bonchev–Trinajstić information content (AvgIpc) is 2.78. The highest BCUT2D eigenvalue weighted by atomic mass is 35.5. The summed E-state index contributed by atoms with van der Waals surface area (Å²) < 4.78 is 0. The van der Waals surface area contributed by atoms with Gasteiger partial charge in [0.25, 0.3) is 5.91 Å². The van der Waals surface area contributed by atoms with Gasteiger partial charge in [-0.2, -0.15) is 0 Å². The van der Waals surface area contributed by atoms with Crippen molar-refractivity contribution in [2.45, 2.75) is 57.0 Å². The quantitative estimate of drug-likeness (QED) is 0.827. The molecule has 0 saturated carbocycles. The van der Waals surface area contributed by atoms with Gasteiger partial charge in [0.05, 0.1) is 5.56 Å². The zero-order chi connectivity index (χ0) is 16.4. The van der Waals surface area contributed by atoms with Crippen LogP contribution in [0.3, 0.4) is 0 Å². The lowest BCUT2D eigenvalue weighted by Gasteiger charge is -2.28. The highest BCUT2D eigenvalue weighted by Crippen LogP contribution is 2.29. The molecule has 0 radical (unpaired) electrons. The van der Waals surface area contributed by atoms with E-state index in [0.717, 1.165) is 56.8 Å². The number of hydrogen-bond acceptors (Lipinski definition) is 4. The van der Waals surface area contributed by atoms with Crippen molar-refractivity contribution in [2.24, 2.45) is 0 Å². The van der Waals surface area contributed by atoms with Gasteiger partial charge in [0.1, 0.15) is 5.82 Å². The van der Waals surface area contributed by atoms with Gasteiger partial charge in [-0.1, -0.05) is 12.8 Å². The topological polar surface area (TPSA) is 48.5 Å². The second-order valence-corrected chi connectivity index (χ2v) is 7.40. The maximum absolute atomic E-state index is 13.0. The minimum Gasteiger partial charge on any atom is -0.357 e. The molecule has 7 heteroatoms. The monoisotopic (exact) mass is 400 g/mol. The summed E-state index contributed by atoms with van der Waals surface area (Å²) in [6, 6.07) is 4.78. The number of aromatic nitrogens is 1. The number of carbonyl (C=O) groups is 1. The molecule has 1 amide bonds. The third-order valence-corrected chi connectivity index (χ3v) is 5.81. The van der Waals surface area contributed by atoms with E-state index in [1.54, 1.807) is 6.20 Å². The van der Waals surface area contributed by atoms with Crippen LogP contribution in [0.2, 0.25) is 0 Å². The van der Waals surface area contributed by atoms with Crippen LogP contribution in [0.15, 0.2) is 18.3 Å². The van der Waals surface area contributed by atoms with Gasteiger partial charge in [0.15, 0.2) is 0 Å². The van der Waals surface area contributed by atoms with Gasteiger partial charge in [-0.05, 0) is 50.8 Å². The lowest BCUT2D eigenvalue weighted by molar-refractivity contribution is 0.0680. The standard InChI is InChI=1S/C19H28N4O.2ClH/c24-19(23-16-6-7-17(23)14-20-10-9-16)15-5-8-18(21-13-15)22-11-3-1-2-4-12-22;;/h5,8,13,16-17,20H,1-4,6-7,9-12,14H2;2*1H. The van der Waals surface area contributed by atoms with Crippen LogP contribution in [0.1, 0.15) is 55.3 Å². The van der Waals surface area contributed by atoms with Crippen molar-refractivity contribution in [1.29, 1.82) is 0 Å². The molecule has 146 valence electrons. The minimum absolute atomic E-state index is 0. The van der Waals surface area contributed by atoms with E-state index in [1.807, 2.05) is 12.1 Å². The fourth-order valence-corrected chi connectivity index (χ4v) is 4.46. The zero-order valence-corrected chi connectivity index (χ0v) is 16.9. The lowest BCUT2D eigenvalue weighted by Crippen LogP contribution is -2.42. The Morgan fingerprint density at radius 3 is 2.42 bits per heavy atom. The lowest BCUT2D eigenvalue weighted by atomic mass is 10.1. The van der Waals surface area contributed by atoms with Crippen molar-refractivity contribution < 1.29 is 4.79 Å². The van der Waals surface area contributed by atoms with E-state index < -0.39 is 0 Å². The van der Waals surface area contributed by atoms with E-state index in [9.17, 15) is 4.79 Å². The number of fused-ring (bicyclic) bond motifs is 2. The van der Waals surface area contributed by atoms with E-state index in [-0.39, 0.29) is 30.7 Å². The molecule has 3 aliphatic rings. The molecule has 3 saturated heterocycles. The molecule has 4 rings (SSSR count). The van der Waals surface area contributed by atoms with Crippen LogP contribution in [0, 0.1) is 0 Å². The SMILES string of the molecule is Cl.Cl.O=C(c1ccc(N2CCCCCC2)nc1)N1C2CCNCC1CC2. The Balaban J connectivity index is 0.00000121. The van der Waals surface area contributed by atoms with Crippen LogP contribution in [0.25, 0.3) is 0 Å². The van der Waals surface area contributed by atoms with Crippen molar-refractivity contribution in [3.63, 3.8) is 0 Å². The fourth-order valence-electron chi connectivity index (χ4n) is 4.46. The molecule has 2 atom stereocenters. The molecule has 2 unspecified atom stereocenters. The summed E-state index contributed by atoms with van der Waals surface area (Å²) in [7, 11) is 0. The number of amides is 1. The first kappa shape index (κ1) is 21.3. The average molecular weight is 401 g/mol. The number of halogens is 2. The normalized spacial score (nSPS) is 25.5. The Labute approximate surface area is 168 Å². The van der Waals surface area contributed by atoms with Gasteiger partial charge in [0.2, 0.25) is 0 Å². The van der Waals surface area contributed by atoms with Crippen LogP contribution < -0.4 is 10.2 Å². The summed E-state index contributed by atoms with van der Waals surface area (Å²) in [6.07, 6.45) is 10.3. The number of carbonyl (C=O) groups excluding carboxylic acids is 1. The van der Waals surface area contributed by atoms with Crippen molar-refractivity contribution in [3.05, 3.63) is 23.9 Å². The first-order valence-electron chi connectivity index (χ1n) is 9.57. The molecule has 2 bridgehead atoms. The smallest absolute Gasteiger partial charge is 0.255 e. The molecule has 5 nitrogen and oxygen atoms in total. The van der Waals surface area contributed by atoms with Crippen LogP contribution in [-0.2, 0) is 0 Å². The molecule has 4 heterocycles. The van der Waals surface area contributed by atoms with Crippen LogP contribution >= 0.6 is 24.8 Å². The van der Waals surface area contributed by atoms with Crippen molar-refractivity contribution in [2.75, 3.05) is 31.1 Å².